The first kappa shape index (κ1) is 9.43. The fourth-order valence-corrected chi connectivity index (χ4v) is 1.35. The topological polar surface area (TPSA) is 29.4 Å². The van der Waals surface area contributed by atoms with Gasteiger partial charge in [0.1, 0.15) is 0 Å². The van der Waals surface area contributed by atoms with Crippen LogP contribution in [0.25, 0.3) is 0 Å². The van der Waals surface area contributed by atoms with E-state index in [0.29, 0.717) is 6.42 Å². The molecule has 2 nitrogen and oxygen atoms in total. The summed E-state index contributed by atoms with van der Waals surface area (Å²) in [7, 11) is 0. The smallest absolute Gasteiger partial charge is 0.177 e. The molecule has 0 radical (unpaired) electrons. The van der Waals surface area contributed by atoms with Gasteiger partial charge in [0, 0.05) is 13.0 Å². The molecule has 1 rings (SSSR count). The molecule has 0 atom stereocenters. The van der Waals surface area contributed by atoms with Crippen molar-refractivity contribution in [3.63, 3.8) is 0 Å². The zero-order valence-electron chi connectivity index (χ0n) is 8.18. The Morgan fingerprint density at radius 1 is 1.50 bits per heavy atom. The van der Waals surface area contributed by atoms with Gasteiger partial charge >= 0.3 is 0 Å². The van der Waals surface area contributed by atoms with Gasteiger partial charge in [-0.3, -0.25) is 9.79 Å². The Balaban J connectivity index is 2.49. The molecule has 12 heavy (non-hydrogen) atoms. The predicted molar refractivity (Wildman–Crippen MR) is 50.6 cm³/mol. The fraction of sp³-hybridized carbons (Fsp3) is 0.800. The summed E-state index contributed by atoms with van der Waals surface area (Å²) in [5, 5.41) is 0. The van der Waals surface area contributed by atoms with Crippen molar-refractivity contribution < 1.29 is 4.79 Å². The summed E-state index contributed by atoms with van der Waals surface area (Å²) in [6, 6.07) is 0. The van der Waals surface area contributed by atoms with Crippen LogP contribution in [0.5, 0.6) is 0 Å². The molecule has 0 spiro atoms. The first-order valence-electron chi connectivity index (χ1n) is 4.55. The van der Waals surface area contributed by atoms with Gasteiger partial charge in [-0.1, -0.05) is 20.8 Å². The van der Waals surface area contributed by atoms with Gasteiger partial charge in [0.05, 0.1) is 5.71 Å². The molecule has 0 bridgehead atoms. The highest BCUT2D eigenvalue weighted by Crippen LogP contribution is 2.20. The van der Waals surface area contributed by atoms with Crippen LogP contribution in [0.1, 0.15) is 40.0 Å². The molecule has 0 fully saturated rings. The molecule has 1 aliphatic rings. The minimum Gasteiger partial charge on any atom is -0.293 e. The van der Waals surface area contributed by atoms with Gasteiger partial charge in [-0.2, -0.15) is 0 Å². The van der Waals surface area contributed by atoms with Crippen molar-refractivity contribution in [2.45, 2.75) is 40.0 Å². The zero-order valence-corrected chi connectivity index (χ0v) is 8.18. The standard InChI is InChI=1S/C10H17NO/c1-10(2,3)7-9(12)8-5-4-6-11-8/h4-7H2,1-3H3. The molecule has 0 amide bonds. The van der Waals surface area contributed by atoms with E-state index < -0.39 is 0 Å². The summed E-state index contributed by atoms with van der Waals surface area (Å²) in [5.41, 5.74) is 0.923. The van der Waals surface area contributed by atoms with E-state index in [0.717, 1.165) is 25.1 Å². The monoisotopic (exact) mass is 167 g/mol. The minimum atomic E-state index is 0.0994. The average Bonchev–Trinajstić information content (AvgIpc) is 2.32. The Morgan fingerprint density at radius 3 is 2.58 bits per heavy atom. The van der Waals surface area contributed by atoms with Crippen molar-refractivity contribution in [2.75, 3.05) is 6.54 Å². The minimum absolute atomic E-state index is 0.0994. The Kier molecular flexibility index (Phi) is 2.65. The first-order chi connectivity index (χ1) is 5.49. The number of Topliss-reactive ketones (excluding diaryl/α,β-unsaturated/α-hetero) is 1. The van der Waals surface area contributed by atoms with E-state index in [1.54, 1.807) is 0 Å². The molecule has 0 N–H and O–H groups in total. The van der Waals surface area contributed by atoms with E-state index in [9.17, 15) is 4.79 Å². The predicted octanol–water partition coefficient (Wildman–Crippen LogP) is 2.23. The molecule has 0 unspecified atom stereocenters. The molecule has 1 aliphatic heterocycles. The van der Waals surface area contributed by atoms with Crippen LogP contribution in [0.2, 0.25) is 0 Å². The van der Waals surface area contributed by atoms with Gasteiger partial charge in [0.15, 0.2) is 5.78 Å². The number of ketones is 1. The maximum atomic E-state index is 11.5. The molecule has 0 aliphatic carbocycles. The lowest BCUT2D eigenvalue weighted by atomic mass is 9.88. The number of nitrogens with zero attached hydrogens (tertiary/aromatic N) is 1. The third-order valence-corrected chi connectivity index (χ3v) is 1.89. The second kappa shape index (κ2) is 3.38. The summed E-state index contributed by atoms with van der Waals surface area (Å²) in [6.07, 6.45) is 2.59. The van der Waals surface area contributed by atoms with E-state index >= 15 is 0 Å². The molecule has 1 heterocycles. The number of aliphatic imine (C=N–C) groups is 1. The Labute approximate surface area is 74.1 Å². The second-order valence-electron chi connectivity index (χ2n) is 4.59. The molecule has 2 heteroatoms. The number of hydrogen-bond acceptors (Lipinski definition) is 2. The van der Waals surface area contributed by atoms with Crippen LogP contribution in [0, 0.1) is 5.41 Å². The van der Waals surface area contributed by atoms with Crippen LogP contribution in [0.3, 0.4) is 0 Å². The normalized spacial score (nSPS) is 17.8. The Hall–Kier alpha value is -0.660. The highest BCUT2D eigenvalue weighted by molar-refractivity contribution is 6.40. The molecular formula is C10H17NO. The fourth-order valence-electron chi connectivity index (χ4n) is 1.35. The van der Waals surface area contributed by atoms with Crippen LogP contribution in [-0.2, 0) is 4.79 Å². The second-order valence-corrected chi connectivity index (χ2v) is 4.59. The largest absolute Gasteiger partial charge is 0.293 e. The number of hydrogen-bond donors (Lipinski definition) is 0. The van der Waals surface area contributed by atoms with Crippen molar-refractivity contribution in [2.24, 2.45) is 10.4 Å². The van der Waals surface area contributed by atoms with Crippen LogP contribution in [0.4, 0.5) is 0 Å². The SMILES string of the molecule is CC(C)(C)CC(=O)C1=NCCC1. The third kappa shape index (κ3) is 2.76. The molecule has 0 aromatic heterocycles. The van der Waals surface area contributed by atoms with Crippen molar-refractivity contribution in [1.82, 2.24) is 0 Å². The Morgan fingerprint density at radius 2 is 2.17 bits per heavy atom. The molecule has 0 saturated carbocycles. The lowest BCUT2D eigenvalue weighted by Crippen LogP contribution is -2.19. The van der Waals surface area contributed by atoms with Crippen LogP contribution in [0.15, 0.2) is 4.99 Å². The summed E-state index contributed by atoms with van der Waals surface area (Å²) in [5.74, 6) is 0.250. The molecular weight excluding hydrogens is 150 g/mol. The van der Waals surface area contributed by atoms with Crippen LogP contribution >= 0.6 is 0 Å². The van der Waals surface area contributed by atoms with Gasteiger partial charge in [-0.05, 0) is 18.3 Å². The van der Waals surface area contributed by atoms with Gasteiger partial charge in [0.2, 0.25) is 0 Å². The summed E-state index contributed by atoms with van der Waals surface area (Å²) in [6.45, 7) is 7.10. The lowest BCUT2D eigenvalue weighted by Gasteiger charge is -2.16. The molecule has 0 aromatic carbocycles. The summed E-state index contributed by atoms with van der Waals surface area (Å²) in [4.78, 5) is 15.7. The van der Waals surface area contributed by atoms with Crippen molar-refractivity contribution in [1.29, 1.82) is 0 Å². The maximum absolute atomic E-state index is 11.5. The average molecular weight is 167 g/mol. The highest BCUT2D eigenvalue weighted by atomic mass is 16.1. The van der Waals surface area contributed by atoms with Gasteiger partial charge < -0.3 is 0 Å². The molecule has 0 aromatic rings. The van der Waals surface area contributed by atoms with Crippen molar-refractivity contribution in [3.05, 3.63) is 0 Å². The van der Waals surface area contributed by atoms with Crippen molar-refractivity contribution in [3.8, 4) is 0 Å². The van der Waals surface area contributed by atoms with E-state index in [1.807, 2.05) is 0 Å². The van der Waals surface area contributed by atoms with Gasteiger partial charge in [-0.25, -0.2) is 0 Å². The van der Waals surface area contributed by atoms with E-state index in [1.165, 1.54) is 0 Å². The quantitative estimate of drug-likeness (QED) is 0.620. The lowest BCUT2D eigenvalue weighted by molar-refractivity contribution is -0.114. The number of rotatable bonds is 2. The molecule has 68 valence electrons. The van der Waals surface area contributed by atoms with Crippen LogP contribution in [-0.4, -0.2) is 18.0 Å². The molecule has 0 saturated heterocycles. The van der Waals surface area contributed by atoms with E-state index in [4.69, 9.17) is 0 Å². The third-order valence-electron chi connectivity index (χ3n) is 1.89. The van der Waals surface area contributed by atoms with E-state index in [-0.39, 0.29) is 11.2 Å². The summed E-state index contributed by atoms with van der Waals surface area (Å²) < 4.78 is 0. The first-order valence-corrected chi connectivity index (χ1v) is 4.55. The van der Waals surface area contributed by atoms with Gasteiger partial charge in [0.25, 0.3) is 0 Å². The highest BCUT2D eigenvalue weighted by Gasteiger charge is 2.21. The zero-order chi connectivity index (χ0) is 9.19. The van der Waals surface area contributed by atoms with Crippen molar-refractivity contribution >= 4 is 11.5 Å². The maximum Gasteiger partial charge on any atom is 0.177 e. The van der Waals surface area contributed by atoms with Crippen LogP contribution < -0.4 is 0 Å². The number of carbonyl (C=O) groups excluding carboxylic acids is 1. The number of carbonyl (C=O) groups is 1. The summed E-state index contributed by atoms with van der Waals surface area (Å²) >= 11 is 0. The Bertz CT molecular complexity index is 210. The van der Waals surface area contributed by atoms with Gasteiger partial charge in [-0.15, -0.1) is 0 Å². The van der Waals surface area contributed by atoms with E-state index in [2.05, 4.69) is 25.8 Å².